The van der Waals surface area contributed by atoms with Gasteiger partial charge >= 0.3 is 6.18 Å². The molecule has 3 rings (SSSR count). The van der Waals surface area contributed by atoms with E-state index in [9.17, 15) is 17.6 Å². The van der Waals surface area contributed by atoms with Crippen molar-refractivity contribution in [1.82, 2.24) is 10.2 Å². The molecule has 0 aromatic heterocycles. The maximum absolute atomic E-state index is 14.7. The van der Waals surface area contributed by atoms with E-state index in [1.807, 2.05) is 0 Å². The topological polar surface area (TPSA) is 15.3 Å². The molecule has 1 atom stereocenters. The lowest BCUT2D eigenvalue weighted by atomic mass is 9.88. The molecule has 1 aliphatic heterocycles. The second kappa shape index (κ2) is 8.42. The standard InChI is InChI=1S/C17H21ClF4N2.ClH/c18-14-10-12(17(20,21)22)9-13(15(14)19)16(11-3-1-2-4-11)24-7-5-23-6-8-24;/h9-11,16,23H,1-8H2;1H/t16-;/m1./s1. The maximum atomic E-state index is 14.7. The van der Waals surface area contributed by atoms with E-state index < -0.39 is 22.6 Å². The van der Waals surface area contributed by atoms with Crippen molar-refractivity contribution in [3.8, 4) is 0 Å². The van der Waals surface area contributed by atoms with Gasteiger partial charge in [-0.15, -0.1) is 12.4 Å². The van der Waals surface area contributed by atoms with Gasteiger partial charge in [0.2, 0.25) is 0 Å². The van der Waals surface area contributed by atoms with E-state index >= 15 is 0 Å². The van der Waals surface area contributed by atoms with E-state index in [4.69, 9.17) is 11.6 Å². The molecule has 2 nitrogen and oxygen atoms in total. The lowest BCUT2D eigenvalue weighted by molar-refractivity contribution is -0.137. The van der Waals surface area contributed by atoms with Crippen molar-refractivity contribution in [2.45, 2.75) is 37.9 Å². The SMILES string of the molecule is Cl.Fc1c(Cl)cc(C(F)(F)F)cc1[C@@H](C1CCCC1)N1CCNCC1. The molecule has 0 spiro atoms. The zero-order valence-electron chi connectivity index (χ0n) is 13.7. The van der Waals surface area contributed by atoms with Crippen LogP contribution in [0.1, 0.15) is 42.9 Å². The quantitative estimate of drug-likeness (QED) is 0.713. The normalized spacial score (nSPS) is 21.2. The minimum atomic E-state index is -4.53. The first-order valence-corrected chi connectivity index (χ1v) is 8.76. The molecular formula is C17H22Cl2F4N2. The van der Waals surface area contributed by atoms with Crippen LogP contribution in [0, 0.1) is 11.7 Å². The van der Waals surface area contributed by atoms with Crippen molar-refractivity contribution in [2.75, 3.05) is 26.2 Å². The summed E-state index contributed by atoms with van der Waals surface area (Å²) in [6.07, 6.45) is -0.608. The molecule has 1 aromatic rings. The molecule has 1 N–H and O–H groups in total. The van der Waals surface area contributed by atoms with Crippen LogP contribution in [0.4, 0.5) is 17.6 Å². The summed E-state index contributed by atoms with van der Waals surface area (Å²) in [5.41, 5.74) is -0.773. The Morgan fingerprint density at radius 3 is 2.28 bits per heavy atom. The second-order valence-corrected chi connectivity index (χ2v) is 7.04. The van der Waals surface area contributed by atoms with Crippen LogP contribution in [0.5, 0.6) is 0 Å². The van der Waals surface area contributed by atoms with Gasteiger partial charge in [-0.05, 0) is 30.9 Å². The first-order valence-electron chi connectivity index (χ1n) is 8.39. The second-order valence-electron chi connectivity index (χ2n) is 6.63. The highest BCUT2D eigenvalue weighted by Gasteiger charge is 2.37. The van der Waals surface area contributed by atoms with Crippen LogP contribution in [0.15, 0.2) is 12.1 Å². The predicted molar refractivity (Wildman–Crippen MR) is 92.8 cm³/mol. The summed E-state index contributed by atoms with van der Waals surface area (Å²) in [4.78, 5) is 2.11. The summed E-state index contributed by atoms with van der Waals surface area (Å²) < 4.78 is 54.2. The summed E-state index contributed by atoms with van der Waals surface area (Å²) in [6.45, 7) is 2.93. The number of halogens is 6. The highest BCUT2D eigenvalue weighted by molar-refractivity contribution is 6.30. The van der Waals surface area contributed by atoms with Gasteiger partial charge in [0.15, 0.2) is 0 Å². The van der Waals surface area contributed by atoms with Crippen LogP contribution in [0.3, 0.4) is 0 Å². The van der Waals surface area contributed by atoms with Gasteiger partial charge in [-0.2, -0.15) is 13.2 Å². The first kappa shape index (κ1) is 20.7. The van der Waals surface area contributed by atoms with Gasteiger partial charge in [0.05, 0.1) is 10.6 Å². The number of nitrogens with one attached hydrogen (secondary N) is 1. The van der Waals surface area contributed by atoms with Gasteiger partial charge < -0.3 is 5.32 Å². The summed E-state index contributed by atoms with van der Waals surface area (Å²) >= 11 is 5.81. The van der Waals surface area contributed by atoms with E-state index in [0.717, 1.165) is 44.8 Å². The Kier molecular flexibility index (Phi) is 6.99. The average Bonchev–Trinajstić information content (AvgIpc) is 3.05. The lowest BCUT2D eigenvalue weighted by Gasteiger charge is -2.39. The van der Waals surface area contributed by atoms with Crippen molar-refractivity contribution in [2.24, 2.45) is 5.92 Å². The molecule has 0 amide bonds. The zero-order chi connectivity index (χ0) is 17.3. The molecule has 2 fully saturated rings. The van der Waals surface area contributed by atoms with Gasteiger partial charge in [-0.3, -0.25) is 4.90 Å². The Balaban J connectivity index is 0.00000225. The number of hydrogen-bond donors (Lipinski definition) is 1. The van der Waals surface area contributed by atoms with Crippen LogP contribution >= 0.6 is 24.0 Å². The van der Waals surface area contributed by atoms with Gasteiger partial charge in [-0.1, -0.05) is 24.4 Å². The Morgan fingerprint density at radius 2 is 1.72 bits per heavy atom. The summed E-state index contributed by atoms with van der Waals surface area (Å²) in [5, 5.41) is 2.79. The molecule has 2 aliphatic rings. The van der Waals surface area contributed by atoms with Crippen LogP contribution in [-0.2, 0) is 6.18 Å². The average molecular weight is 401 g/mol. The van der Waals surface area contributed by atoms with Gasteiger partial charge in [0.1, 0.15) is 5.82 Å². The Labute approximate surface area is 156 Å². The number of piperazine rings is 1. The Bertz CT molecular complexity index is 583. The zero-order valence-corrected chi connectivity index (χ0v) is 15.3. The number of rotatable bonds is 3. The molecule has 142 valence electrons. The predicted octanol–water partition coefficient (Wildman–Crippen LogP) is 5.06. The smallest absolute Gasteiger partial charge is 0.314 e. The van der Waals surface area contributed by atoms with Crippen molar-refractivity contribution in [3.63, 3.8) is 0 Å². The first-order chi connectivity index (χ1) is 11.4. The van der Waals surface area contributed by atoms with Crippen molar-refractivity contribution < 1.29 is 17.6 Å². The third-order valence-corrected chi connectivity index (χ3v) is 5.37. The van der Waals surface area contributed by atoms with Crippen LogP contribution in [-0.4, -0.2) is 31.1 Å². The van der Waals surface area contributed by atoms with Crippen LogP contribution in [0.25, 0.3) is 0 Å². The minimum absolute atomic E-state index is 0. The van der Waals surface area contributed by atoms with Crippen molar-refractivity contribution in [1.29, 1.82) is 0 Å². The number of nitrogens with zero attached hydrogens (tertiary/aromatic N) is 1. The molecule has 0 radical (unpaired) electrons. The third-order valence-electron chi connectivity index (χ3n) is 5.09. The van der Waals surface area contributed by atoms with E-state index in [-0.39, 0.29) is 29.9 Å². The third kappa shape index (κ3) is 4.59. The highest BCUT2D eigenvalue weighted by atomic mass is 35.5. The van der Waals surface area contributed by atoms with Crippen LogP contribution in [0.2, 0.25) is 5.02 Å². The summed E-state index contributed by atoms with van der Waals surface area (Å²) in [7, 11) is 0. The molecule has 1 heterocycles. The van der Waals surface area contributed by atoms with E-state index in [0.29, 0.717) is 19.2 Å². The molecular weight excluding hydrogens is 379 g/mol. The molecule has 1 aliphatic carbocycles. The summed E-state index contributed by atoms with van der Waals surface area (Å²) in [5.74, 6) is -0.530. The maximum Gasteiger partial charge on any atom is 0.416 e. The fraction of sp³-hybridized carbons (Fsp3) is 0.647. The monoisotopic (exact) mass is 400 g/mol. The van der Waals surface area contributed by atoms with Gasteiger partial charge in [-0.25, -0.2) is 4.39 Å². The number of alkyl halides is 3. The van der Waals surface area contributed by atoms with E-state index in [2.05, 4.69) is 10.2 Å². The summed E-state index contributed by atoms with van der Waals surface area (Å²) in [6, 6.07) is 1.31. The fourth-order valence-electron chi connectivity index (χ4n) is 3.97. The molecule has 1 saturated carbocycles. The van der Waals surface area contributed by atoms with Gasteiger partial charge in [0.25, 0.3) is 0 Å². The number of hydrogen-bond acceptors (Lipinski definition) is 2. The van der Waals surface area contributed by atoms with E-state index in [1.165, 1.54) is 0 Å². The van der Waals surface area contributed by atoms with Gasteiger partial charge in [0, 0.05) is 37.8 Å². The fourth-order valence-corrected chi connectivity index (χ4v) is 4.20. The van der Waals surface area contributed by atoms with Crippen molar-refractivity contribution >= 4 is 24.0 Å². The minimum Gasteiger partial charge on any atom is -0.314 e. The molecule has 1 aromatic carbocycles. The Hall–Kier alpha value is -0.560. The molecule has 8 heteroatoms. The lowest BCUT2D eigenvalue weighted by Crippen LogP contribution is -2.47. The van der Waals surface area contributed by atoms with Crippen molar-refractivity contribution in [3.05, 3.63) is 34.1 Å². The molecule has 0 bridgehead atoms. The highest BCUT2D eigenvalue weighted by Crippen LogP contribution is 2.43. The van der Waals surface area contributed by atoms with Crippen LogP contribution < -0.4 is 5.32 Å². The molecule has 1 saturated heterocycles. The largest absolute Gasteiger partial charge is 0.416 e. The van der Waals surface area contributed by atoms with E-state index in [1.54, 1.807) is 0 Å². The molecule has 25 heavy (non-hydrogen) atoms. The number of benzene rings is 1. The Morgan fingerprint density at radius 1 is 1.12 bits per heavy atom. The molecule has 0 unspecified atom stereocenters.